The summed E-state index contributed by atoms with van der Waals surface area (Å²) < 4.78 is 0. The minimum atomic E-state index is -1.02. The van der Waals surface area contributed by atoms with Gasteiger partial charge < -0.3 is 15.3 Å². The second-order valence-electron chi connectivity index (χ2n) is 3.23. The number of aryl methyl sites for hydroxylation is 1. The maximum absolute atomic E-state index is 10.5. The van der Waals surface area contributed by atoms with E-state index in [-0.39, 0.29) is 17.1 Å². The van der Waals surface area contributed by atoms with Crippen LogP contribution in [0.25, 0.3) is 0 Å². The molecular formula is C11H12O4. The molecule has 0 saturated heterocycles. The first-order chi connectivity index (χ1) is 7.00. The SMILES string of the molecule is C=C(CCc1ccc(O)c(O)c1)C(=O)O. The molecule has 0 bridgehead atoms. The van der Waals surface area contributed by atoms with Crippen molar-refractivity contribution in [1.29, 1.82) is 0 Å². The van der Waals surface area contributed by atoms with Crippen molar-refractivity contribution >= 4 is 5.97 Å². The van der Waals surface area contributed by atoms with Crippen LogP contribution in [0.3, 0.4) is 0 Å². The van der Waals surface area contributed by atoms with Gasteiger partial charge >= 0.3 is 5.97 Å². The minimum absolute atomic E-state index is 0.127. The van der Waals surface area contributed by atoms with Crippen molar-refractivity contribution in [3.63, 3.8) is 0 Å². The van der Waals surface area contributed by atoms with E-state index in [4.69, 9.17) is 10.2 Å². The monoisotopic (exact) mass is 208 g/mol. The van der Waals surface area contributed by atoms with Gasteiger partial charge in [-0.15, -0.1) is 0 Å². The van der Waals surface area contributed by atoms with E-state index in [1.807, 2.05) is 0 Å². The predicted molar refractivity (Wildman–Crippen MR) is 54.9 cm³/mol. The number of benzene rings is 1. The predicted octanol–water partition coefficient (Wildman–Crippen LogP) is 1.67. The summed E-state index contributed by atoms with van der Waals surface area (Å²) in [4.78, 5) is 10.5. The van der Waals surface area contributed by atoms with E-state index in [0.717, 1.165) is 5.56 Å². The second-order valence-corrected chi connectivity index (χ2v) is 3.23. The second kappa shape index (κ2) is 4.50. The van der Waals surface area contributed by atoms with Crippen molar-refractivity contribution in [2.45, 2.75) is 12.8 Å². The Bertz CT molecular complexity index is 396. The first-order valence-corrected chi connectivity index (χ1v) is 4.42. The largest absolute Gasteiger partial charge is 0.504 e. The molecule has 0 heterocycles. The Morgan fingerprint density at radius 1 is 1.27 bits per heavy atom. The Morgan fingerprint density at radius 3 is 2.47 bits per heavy atom. The minimum Gasteiger partial charge on any atom is -0.504 e. The molecule has 3 N–H and O–H groups in total. The fourth-order valence-corrected chi connectivity index (χ4v) is 1.13. The van der Waals surface area contributed by atoms with E-state index in [1.165, 1.54) is 12.1 Å². The Hall–Kier alpha value is -1.97. The summed E-state index contributed by atoms with van der Waals surface area (Å²) in [6.07, 6.45) is 0.790. The van der Waals surface area contributed by atoms with Gasteiger partial charge in [0.15, 0.2) is 11.5 Å². The molecule has 0 aromatic heterocycles. The first-order valence-electron chi connectivity index (χ1n) is 4.42. The van der Waals surface area contributed by atoms with E-state index in [0.29, 0.717) is 12.8 Å². The number of hydrogen-bond donors (Lipinski definition) is 3. The van der Waals surface area contributed by atoms with Crippen LogP contribution in [0.2, 0.25) is 0 Å². The van der Waals surface area contributed by atoms with Crippen LogP contribution in [0.5, 0.6) is 11.5 Å². The maximum atomic E-state index is 10.5. The summed E-state index contributed by atoms with van der Waals surface area (Å²) in [6.45, 7) is 3.40. The number of aliphatic carboxylic acids is 1. The number of aromatic hydroxyl groups is 2. The lowest BCUT2D eigenvalue weighted by Crippen LogP contribution is -2.00. The molecule has 1 rings (SSSR count). The van der Waals surface area contributed by atoms with Crippen LogP contribution >= 0.6 is 0 Å². The summed E-state index contributed by atoms with van der Waals surface area (Å²) in [5.74, 6) is -1.40. The van der Waals surface area contributed by atoms with Crippen molar-refractivity contribution in [1.82, 2.24) is 0 Å². The number of carboxylic acids is 1. The molecule has 4 heteroatoms. The van der Waals surface area contributed by atoms with Crippen molar-refractivity contribution in [2.75, 3.05) is 0 Å². The maximum Gasteiger partial charge on any atom is 0.330 e. The highest BCUT2D eigenvalue weighted by Gasteiger charge is 2.05. The Morgan fingerprint density at radius 2 is 1.93 bits per heavy atom. The van der Waals surface area contributed by atoms with Gasteiger partial charge in [-0.25, -0.2) is 4.79 Å². The van der Waals surface area contributed by atoms with Gasteiger partial charge in [-0.3, -0.25) is 0 Å². The lowest BCUT2D eigenvalue weighted by molar-refractivity contribution is -0.132. The van der Waals surface area contributed by atoms with Crippen LogP contribution in [0.4, 0.5) is 0 Å². The van der Waals surface area contributed by atoms with Crippen molar-refractivity contribution in [3.05, 3.63) is 35.9 Å². The molecule has 0 atom stereocenters. The lowest BCUT2D eigenvalue weighted by atomic mass is 10.1. The molecule has 0 unspecified atom stereocenters. The van der Waals surface area contributed by atoms with E-state index in [9.17, 15) is 9.90 Å². The molecule has 15 heavy (non-hydrogen) atoms. The molecule has 0 aliphatic heterocycles. The van der Waals surface area contributed by atoms with Gasteiger partial charge in [0.05, 0.1) is 0 Å². The third-order valence-corrected chi connectivity index (χ3v) is 2.06. The molecule has 0 aliphatic rings. The molecule has 0 aliphatic carbocycles. The molecule has 0 spiro atoms. The Balaban J connectivity index is 2.62. The van der Waals surface area contributed by atoms with Gasteiger partial charge in [0.25, 0.3) is 0 Å². The number of carboxylic acid groups (broad SMARTS) is 1. The zero-order valence-corrected chi connectivity index (χ0v) is 8.10. The van der Waals surface area contributed by atoms with E-state index < -0.39 is 5.97 Å². The van der Waals surface area contributed by atoms with Gasteiger partial charge in [0.1, 0.15) is 0 Å². The molecule has 0 fully saturated rings. The van der Waals surface area contributed by atoms with Gasteiger partial charge in [0.2, 0.25) is 0 Å². The first kappa shape index (κ1) is 11.1. The molecule has 1 aromatic carbocycles. The van der Waals surface area contributed by atoms with Crippen LogP contribution in [0, 0.1) is 0 Å². The van der Waals surface area contributed by atoms with Crippen LogP contribution in [-0.4, -0.2) is 21.3 Å². The Labute approximate surface area is 87.1 Å². The average molecular weight is 208 g/mol. The van der Waals surface area contributed by atoms with Crippen LogP contribution in [-0.2, 0) is 11.2 Å². The normalized spacial score (nSPS) is 9.87. The lowest BCUT2D eigenvalue weighted by Gasteiger charge is -2.03. The summed E-state index contributed by atoms with van der Waals surface area (Å²) in [5, 5.41) is 26.8. The third-order valence-electron chi connectivity index (χ3n) is 2.06. The molecule has 0 saturated carbocycles. The van der Waals surface area contributed by atoms with E-state index in [1.54, 1.807) is 6.07 Å². The number of carbonyl (C=O) groups is 1. The number of phenols is 2. The molecule has 80 valence electrons. The van der Waals surface area contributed by atoms with Crippen LogP contribution in [0.1, 0.15) is 12.0 Å². The quantitative estimate of drug-likeness (QED) is 0.519. The van der Waals surface area contributed by atoms with E-state index >= 15 is 0 Å². The van der Waals surface area contributed by atoms with Gasteiger partial charge in [-0.1, -0.05) is 12.6 Å². The molecule has 1 aromatic rings. The van der Waals surface area contributed by atoms with Crippen molar-refractivity contribution in [2.24, 2.45) is 0 Å². The average Bonchev–Trinajstić information content (AvgIpc) is 2.19. The standard InChI is InChI=1S/C11H12O4/c1-7(11(14)15)2-3-8-4-5-9(12)10(13)6-8/h4-6,12-13H,1-3H2,(H,14,15). The highest BCUT2D eigenvalue weighted by molar-refractivity contribution is 5.85. The third kappa shape index (κ3) is 3.02. The topological polar surface area (TPSA) is 77.8 Å². The zero-order chi connectivity index (χ0) is 11.4. The summed E-state index contributed by atoms with van der Waals surface area (Å²) in [5.41, 5.74) is 0.885. The number of hydrogen-bond acceptors (Lipinski definition) is 3. The highest BCUT2D eigenvalue weighted by atomic mass is 16.4. The summed E-state index contributed by atoms with van der Waals surface area (Å²) >= 11 is 0. The van der Waals surface area contributed by atoms with Crippen molar-refractivity contribution < 1.29 is 20.1 Å². The van der Waals surface area contributed by atoms with Crippen molar-refractivity contribution in [3.8, 4) is 11.5 Å². The van der Waals surface area contributed by atoms with Gasteiger partial charge in [-0.2, -0.15) is 0 Å². The summed E-state index contributed by atoms with van der Waals surface area (Å²) in [6, 6.07) is 4.41. The van der Waals surface area contributed by atoms with E-state index in [2.05, 4.69) is 6.58 Å². The molecule has 4 nitrogen and oxygen atoms in total. The Kier molecular flexibility index (Phi) is 3.33. The van der Waals surface area contributed by atoms with Crippen LogP contribution < -0.4 is 0 Å². The summed E-state index contributed by atoms with van der Waals surface area (Å²) in [7, 11) is 0. The number of phenolic OH excluding ortho intramolecular Hbond substituents is 2. The molecule has 0 amide bonds. The highest BCUT2D eigenvalue weighted by Crippen LogP contribution is 2.25. The smallest absolute Gasteiger partial charge is 0.330 e. The van der Waals surface area contributed by atoms with Gasteiger partial charge in [-0.05, 0) is 30.5 Å². The fraction of sp³-hybridized carbons (Fsp3) is 0.182. The van der Waals surface area contributed by atoms with Crippen LogP contribution in [0.15, 0.2) is 30.4 Å². The van der Waals surface area contributed by atoms with Gasteiger partial charge in [0, 0.05) is 5.57 Å². The fourth-order valence-electron chi connectivity index (χ4n) is 1.13. The zero-order valence-electron chi connectivity index (χ0n) is 8.10. The number of rotatable bonds is 4. The molecular weight excluding hydrogens is 196 g/mol. The molecule has 0 radical (unpaired) electrons.